The van der Waals surface area contributed by atoms with Gasteiger partial charge >= 0.3 is 0 Å². The lowest BCUT2D eigenvalue weighted by molar-refractivity contribution is 0.602. The summed E-state index contributed by atoms with van der Waals surface area (Å²) in [6.07, 6.45) is 1.17. The van der Waals surface area contributed by atoms with Crippen LogP contribution in [-0.4, -0.2) is 24.5 Å². The highest BCUT2D eigenvalue weighted by Crippen LogP contribution is 2.31. The maximum atomic E-state index is 11.8. The van der Waals surface area contributed by atoms with Crippen molar-refractivity contribution in [3.63, 3.8) is 0 Å². The van der Waals surface area contributed by atoms with Crippen molar-refractivity contribution in [1.82, 2.24) is 9.78 Å². The van der Waals surface area contributed by atoms with Crippen LogP contribution in [0.2, 0.25) is 5.02 Å². The molecule has 0 spiro atoms. The second-order valence-electron chi connectivity index (χ2n) is 6.76. The fourth-order valence-electron chi connectivity index (χ4n) is 3.17. The molecule has 0 radical (unpaired) electrons. The number of hydrogen-bond donors (Lipinski definition) is 0. The molecule has 30 heavy (non-hydrogen) atoms. The van der Waals surface area contributed by atoms with Crippen LogP contribution < -0.4 is 0 Å². The van der Waals surface area contributed by atoms with Crippen LogP contribution in [-0.2, 0) is 9.84 Å². The van der Waals surface area contributed by atoms with E-state index in [4.69, 9.17) is 16.7 Å². The predicted molar refractivity (Wildman–Crippen MR) is 117 cm³/mol. The lowest BCUT2D eigenvalue weighted by Crippen LogP contribution is -2.01. The molecule has 0 aliphatic heterocycles. The van der Waals surface area contributed by atoms with Crippen molar-refractivity contribution in [1.29, 1.82) is 5.26 Å². The Labute approximate surface area is 179 Å². The van der Waals surface area contributed by atoms with Crippen molar-refractivity contribution in [2.24, 2.45) is 0 Å². The van der Waals surface area contributed by atoms with Crippen LogP contribution in [0.15, 0.2) is 83.8 Å². The molecule has 5 nitrogen and oxygen atoms in total. The second kappa shape index (κ2) is 7.79. The molecule has 7 heteroatoms. The molecule has 0 atom stereocenters. The van der Waals surface area contributed by atoms with Gasteiger partial charge < -0.3 is 0 Å². The van der Waals surface area contributed by atoms with Crippen molar-refractivity contribution in [3.05, 3.63) is 89.4 Å². The Bertz CT molecular complexity index is 1370. The number of nitriles is 1. The van der Waals surface area contributed by atoms with Gasteiger partial charge in [0.2, 0.25) is 0 Å². The molecular formula is C23H16ClN3O2S. The van der Waals surface area contributed by atoms with Gasteiger partial charge in [0.15, 0.2) is 9.84 Å². The van der Waals surface area contributed by atoms with Crippen molar-refractivity contribution in [2.75, 3.05) is 6.26 Å². The highest BCUT2D eigenvalue weighted by Gasteiger charge is 2.16. The number of hydrogen-bond acceptors (Lipinski definition) is 4. The molecule has 0 unspecified atom stereocenters. The zero-order valence-corrected chi connectivity index (χ0v) is 17.5. The number of benzene rings is 3. The van der Waals surface area contributed by atoms with Gasteiger partial charge in [-0.2, -0.15) is 10.4 Å². The van der Waals surface area contributed by atoms with E-state index in [9.17, 15) is 13.7 Å². The van der Waals surface area contributed by atoms with Gasteiger partial charge in [-0.05, 0) is 48.5 Å². The minimum absolute atomic E-state index is 0.237. The molecule has 148 valence electrons. The lowest BCUT2D eigenvalue weighted by Gasteiger charge is -2.08. The first kappa shape index (κ1) is 19.9. The molecule has 0 aliphatic rings. The Morgan fingerprint density at radius 3 is 2.27 bits per heavy atom. The summed E-state index contributed by atoms with van der Waals surface area (Å²) in [7, 11) is -3.30. The Hall–Kier alpha value is -3.40. The molecule has 4 rings (SSSR count). The monoisotopic (exact) mass is 433 g/mol. The molecule has 4 aromatic rings. The van der Waals surface area contributed by atoms with E-state index in [-0.39, 0.29) is 4.90 Å². The molecule has 0 aliphatic carbocycles. The summed E-state index contributed by atoms with van der Waals surface area (Å²) in [5.41, 5.74) is 4.28. The quantitative estimate of drug-likeness (QED) is 0.446. The molecular weight excluding hydrogens is 418 g/mol. The van der Waals surface area contributed by atoms with E-state index in [1.165, 1.54) is 6.26 Å². The maximum Gasteiger partial charge on any atom is 0.175 e. The van der Waals surface area contributed by atoms with E-state index in [1.807, 2.05) is 36.4 Å². The lowest BCUT2D eigenvalue weighted by atomic mass is 10.0. The number of aromatic nitrogens is 2. The minimum atomic E-state index is -3.30. The first-order valence-electron chi connectivity index (χ1n) is 9.03. The molecule has 3 aromatic carbocycles. The van der Waals surface area contributed by atoms with Gasteiger partial charge in [-0.3, -0.25) is 0 Å². The second-order valence-corrected chi connectivity index (χ2v) is 9.21. The average molecular weight is 434 g/mol. The van der Waals surface area contributed by atoms with Crippen LogP contribution in [0.1, 0.15) is 5.56 Å². The molecule has 1 aromatic heterocycles. The van der Waals surface area contributed by atoms with Crippen LogP contribution in [0.5, 0.6) is 0 Å². The van der Waals surface area contributed by atoms with Crippen LogP contribution in [0.25, 0.3) is 28.2 Å². The maximum absolute atomic E-state index is 11.8. The van der Waals surface area contributed by atoms with Crippen molar-refractivity contribution < 1.29 is 8.42 Å². The first-order chi connectivity index (χ1) is 14.4. The Morgan fingerprint density at radius 2 is 1.63 bits per heavy atom. The topological polar surface area (TPSA) is 75.8 Å². The zero-order valence-electron chi connectivity index (χ0n) is 15.9. The van der Waals surface area contributed by atoms with Crippen molar-refractivity contribution in [3.8, 4) is 34.3 Å². The number of nitrogens with zero attached hydrogens (tertiary/aromatic N) is 3. The molecule has 0 fully saturated rings. The molecule has 0 saturated carbocycles. The van der Waals surface area contributed by atoms with Gasteiger partial charge in [-0.15, -0.1) is 0 Å². The highest BCUT2D eigenvalue weighted by molar-refractivity contribution is 7.90. The third-order valence-corrected chi connectivity index (χ3v) is 6.06. The summed E-state index contributed by atoms with van der Waals surface area (Å²) in [4.78, 5) is 0.237. The van der Waals surface area contributed by atoms with E-state index in [0.29, 0.717) is 22.0 Å². The van der Waals surface area contributed by atoms with Crippen LogP contribution in [0.3, 0.4) is 0 Å². The largest absolute Gasteiger partial charge is 0.232 e. The zero-order chi connectivity index (χ0) is 21.3. The SMILES string of the molecule is CS(=O)(=O)c1ccc(-n2nc(-c3ccccc3C#N)cc2-c2ccc(Cl)cc2)cc1. The summed E-state index contributed by atoms with van der Waals surface area (Å²) < 4.78 is 25.3. The number of rotatable bonds is 4. The third kappa shape index (κ3) is 3.86. The Morgan fingerprint density at radius 1 is 0.967 bits per heavy atom. The van der Waals surface area contributed by atoms with Gasteiger partial charge in [-0.25, -0.2) is 13.1 Å². The van der Waals surface area contributed by atoms with Crippen molar-refractivity contribution in [2.45, 2.75) is 4.90 Å². The Kier molecular flexibility index (Phi) is 5.17. The van der Waals surface area contributed by atoms with Gasteiger partial charge in [0.1, 0.15) is 0 Å². The number of sulfone groups is 1. The molecule has 0 saturated heterocycles. The summed E-state index contributed by atoms with van der Waals surface area (Å²) in [6.45, 7) is 0. The Balaban J connectivity index is 1.91. The van der Waals surface area contributed by atoms with Gasteiger partial charge in [0.05, 0.1) is 33.6 Å². The van der Waals surface area contributed by atoms with E-state index < -0.39 is 9.84 Å². The normalized spacial score (nSPS) is 11.2. The molecule has 0 amide bonds. The summed E-state index contributed by atoms with van der Waals surface area (Å²) >= 11 is 6.04. The van der Waals surface area contributed by atoms with Crippen LogP contribution in [0.4, 0.5) is 0 Å². The standard InChI is InChI=1S/C23H16ClN3O2S/c1-30(28,29)20-12-10-19(11-13-20)27-23(16-6-8-18(24)9-7-16)14-22(26-27)21-5-3-2-4-17(21)15-25/h2-14H,1H3. The van der Waals surface area contributed by atoms with E-state index in [0.717, 1.165) is 16.8 Å². The van der Waals surface area contributed by atoms with E-state index >= 15 is 0 Å². The fraction of sp³-hybridized carbons (Fsp3) is 0.0435. The summed E-state index contributed by atoms with van der Waals surface area (Å²) in [5, 5.41) is 14.8. The van der Waals surface area contributed by atoms with Gasteiger partial charge in [0, 0.05) is 22.4 Å². The average Bonchev–Trinajstić information content (AvgIpc) is 3.19. The molecule has 0 N–H and O–H groups in total. The van der Waals surface area contributed by atoms with Crippen LogP contribution in [0, 0.1) is 11.3 Å². The minimum Gasteiger partial charge on any atom is -0.232 e. The third-order valence-electron chi connectivity index (χ3n) is 4.68. The predicted octanol–water partition coefficient (Wildman–Crippen LogP) is 5.13. The highest BCUT2D eigenvalue weighted by atomic mass is 35.5. The van der Waals surface area contributed by atoms with E-state index in [1.54, 1.807) is 47.1 Å². The van der Waals surface area contributed by atoms with Gasteiger partial charge in [0.25, 0.3) is 0 Å². The fourth-order valence-corrected chi connectivity index (χ4v) is 3.93. The summed E-state index contributed by atoms with van der Waals surface area (Å²) in [6, 6.07) is 25.3. The molecule has 0 bridgehead atoms. The smallest absolute Gasteiger partial charge is 0.175 e. The summed E-state index contributed by atoms with van der Waals surface area (Å²) in [5.74, 6) is 0. The molecule has 1 heterocycles. The van der Waals surface area contributed by atoms with Crippen LogP contribution >= 0.6 is 11.6 Å². The first-order valence-corrected chi connectivity index (χ1v) is 11.3. The number of halogens is 1. The van der Waals surface area contributed by atoms with E-state index in [2.05, 4.69) is 6.07 Å². The van der Waals surface area contributed by atoms with Gasteiger partial charge in [-0.1, -0.05) is 41.9 Å². The van der Waals surface area contributed by atoms with Crippen molar-refractivity contribution >= 4 is 21.4 Å².